The number of halogens is 1. The van der Waals surface area contributed by atoms with Gasteiger partial charge in [-0.2, -0.15) is 5.26 Å². The lowest BCUT2D eigenvalue weighted by Gasteiger charge is -2.27. The number of aliphatic hydroxyl groups is 1. The molecule has 0 amide bonds. The second-order valence-corrected chi connectivity index (χ2v) is 7.13. The number of hydrogen-bond donors (Lipinski definition) is 2. The molecule has 2 aromatic rings. The fraction of sp³-hybridized carbons (Fsp3) is 0.389. The first-order valence-electron chi connectivity index (χ1n) is 8.07. The van der Waals surface area contributed by atoms with E-state index in [0.717, 1.165) is 0 Å². The van der Waals surface area contributed by atoms with Crippen LogP contribution in [0.2, 0.25) is 0 Å². The van der Waals surface area contributed by atoms with Crippen LogP contribution >= 0.6 is 15.9 Å². The zero-order valence-corrected chi connectivity index (χ0v) is 16.2. The van der Waals surface area contributed by atoms with Crippen LogP contribution in [-0.2, 0) is 0 Å². The number of nitrogens with one attached hydrogen (secondary N) is 1. The molecule has 0 radical (unpaired) electrons. The van der Waals surface area contributed by atoms with Gasteiger partial charge in [-0.3, -0.25) is 0 Å². The Morgan fingerprint density at radius 2 is 2.00 bits per heavy atom. The number of aromatic nitrogens is 2. The second-order valence-electron chi connectivity index (χ2n) is 6.32. The van der Waals surface area contributed by atoms with Gasteiger partial charge in [-0.15, -0.1) is 10.2 Å². The largest absolute Gasteiger partial charge is 0.489 e. The molecule has 1 aromatic heterocycles. The van der Waals surface area contributed by atoms with Crippen LogP contribution in [0, 0.1) is 11.3 Å². The number of ether oxygens (including phenoxy) is 2. The second kappa shape index (κ2) is 9.48. The lowest BCUT2D eigenvalue weighted by Crippen LogP contribution is -2.48. The van der Waals surface area contributed by atoms with Gasteiger partial charge in [-0.05, 0) is 48.0 Å². The Labute approximate surface area is 161 Å². The van der Waals surface area contributed by atoms with Gasteiger partial charge in [0.05, 0.1) is 5.56 Å². The molecule has 26 heavy (non-hydrogen) atoms. The number of aliphatic hydroxyl groups excluding tert-OH is 1. The average Bonchev–Trinajstić information content (AvgIpc) is 2.64. The highest BCUT2D eigenvalue weighted by atomic mass is 79.9. The van der Waals surface area contributed by atoms with E-state index in [4.69, 9.17) is 14.7 Å². The van der Waals surface area contributed by atoms with Crippen molar-refractivity contribution in [1.82, 2.24) is 15.5 Å². The number of benzene rings is 1. The van der Waals surface area contributed by atoms with Gasteiger partial charge in [0, 0.05) is 18.2 Å². The van der Waals surface area contributed by atoms with Gasteiger partial charge < -0.3 is 19.9 Å². The van der Waals surface area contributed by atoms with Crippen molar-refractivity contribution >= 4 is 15.9 Å². The molecule has 0 bridgehead atoms. The standard InChI is InChI=1S/C18H21BrN4O3/c1-18(2,12-26-17-8-7-16(19)22-23-17)21-10-14(24)11-25-15-6-4-3-5-13(15)9-20/h3-8,14,21,24H,10-12H2,1-2H3. The maximum atomic E-state index is 10.1. The van der Waals surface area contributed by atoms with Crippen LogP contribution in [0.4, 0.5) is 0 Å². The molecule has 0 spiro atoms. The van der Waals surface area contributed by atoms with Gasteiger partial charge in [-0.25, -0.2) is 0 Å². The third kappa shape index (κ3) is 6.59. The lowest BCUT2D eigenvalue weighted by atomic mass is 10.1. The Bertz CT molecular complexity index is 747. The maximum Gasteiger partial charge on any atom is 0.233 e. The molecule has 0 aliphatic rings. The fourth-order valence-electron chi connectivity index (χ4n) is 2.01. The van der Waals surface area contributed by atoms with Crippen LogP contribution in [0.1, 0.15) is 19.4 Å². The summed E-state index contributed by atoms with van der Waals surface area (Å²) >= 11 is 3.22. The van der Waals surface area contributed by atoms with E-state index in [1.54, 1.807) is 36.4 Å². The summed E-state index contributed by atoms with van der Waals surface area (Å²) in [5.74, 6) is 0.894. The van der Waals surface area contributed by atoms with Crippen molar-refractivity contribution in [2.45, 2.75) is 25.5 Å². The van der Waals surface area contributed by atoms with E-state index >= 15 is 0 Å². The Hall–Kier alpha value is -2.21. The van der Waals surface area contributed by atoms with Gasteiger partial charge in [0.2, 0.25) is 5.88 Å². The quantitative estimate of drug-likeness (QED) is 0.641. The number of rotatable bonds is 9. The number of nitriles is 1. The highest BCUT2D eigenvalue weighted by Gasteiger charge is 2.20. The van der Waals surface area contributed by atoms with Gasteiger partial charge >= 0.3 is 0 Å². The monoisotopic (exact) mass is 420 g/mol. The van der Waals surface area contributed by atoms with E-state index in [-0.39, 0.29) is 12.1 Å². The predicted octanol–water partition coefficient (Wildman–Crippen LogP) is 2.30. The first kappa shape index (κ1) is 20.1. The third-order valence-corrected chi connectivity index (χ3v) is 3.87. The molecule has 1 aromatic carbocycles. The summed E-state index contributed by atoms with van der Waals surface area (Å²) in [6.07, 6.45) is -0.728. The number of nitrogens with zero attached hydrogens (tertiary/aromatic N) is 3. The molecule has 0 aliphatic heterocycles. The first-order valence-corrected chi connectivity index (χ1v) is 8.86. The molecule has 1 atom stereocenters. The van der Waals surface area contributed by atoms with E-state index in [0.29, 0.717) is 34.9 Å². The van der Waals surface area contributed by atoms with Crippen LogP contribution in [0.15, 0.2) is 41.0 Å². The highest BCUT2D eigenvalue weighted by molar-refractivity contribution is 9.10. The summed E-state index contributed by atoms with van der Waals surface area (Å²) in [6, 6.07) is 12.5. The molecule has 138 valence electrons. The first-order chi connectivity index (χ1) is 12.4. The van der Waals surface area contributed by atoms with Gasteiger partial charge in [0.15, 0.2) is 0 Å². The minimum atomic E-state index is -0.728. The molecule has 7 nitrogen and oxygen atoms in total. The molecule has 0 fully saturated rings. The van der Waals surface area contributed by atoms with E-state index in [2.05, 4.69) is 37.5 Å². The smallest absolute Gasteiger partial charge is 0.233 e. The van der Waals surface area contributed by atoms with E-state index in [9.17, 15) is 5.11 Å². The van der Waals surface area contributed by atoms with Gasteiger partial charge in [-0.1, -0.05) is 12.1 Å². The minimum absolute atomic E-state index is 0.0841. The third-order valence-electron chi connectivity index (χ3n) is 3.44. The maximum absolute atomic E-state index is 10.1. The van der Waals surface area contributed by atoms with E-state index in [1.807, 2.05) is 13.8 Å². The predicted molar refractivity (Wildman–Crippen MR) is 100.0 cm³/mol. The van der Waals surface area contributed by atoms with Crippen molar-refractivity contribution in [1.29, 1.82) is 5.26 Å². The Morgan fingerprint density at radius 3 is 2.69 bits per heavy atom. The molecule has 2 rings (SSSR count). The Balaban J connectivity index is 1.75. The van der Waals surface area contributed by atoms with Crippen LogP contribution in [0.25, 0.3) is 0 Å². The summed E-state index contributed by atoms with van der Waals surface area (Å²) in [4.78, 5) is 0. The van der Waals surface area contributed by atoms with Crippen LogP contribution < -0.4 is 14.8 Å². The normalized spacial score (nSPS) is 12.3. The molecular weight excluding hydrogens is 400 g/mol. The average molecular weight is 421 g/mol. The minimum Gasteiger partial charge on any atom is -0.489 e. The SMILES string of the molecule is CC(C)(COc1ccc(Br)nn1)NCC(O)COc1ccccc1C#N. The number of β-amino-alcohol motifs (C(OH)–C–C–N with tert-alkyl or cyclic N) is 1. The van der Waals surface area contributed by atoms with Crippen molar-refractivity contribution in [2.75, 3.05) is 19.8 Å². The molecular formula is C18H21BrN4O3. The highest BCUT2D eigenvalue weighted by Crippen LogP contribution is 2.16. The topological polar surface area (TPSA) is 100 Å². The van der Waals surface area contributed by atoms with Gasteiger partial charge in [0.1, 0.15) is 35.7 Å². The van der Waals surface area contributed by atoms with Crippen molar-refractivity contribution < 1.29 is 14.6 Å². The Morgan fingerprint density at radius 1 is 1.23 bits per heavy atom. The van der Waals surface area contributed by atoms with Crippen LogP contribution in [-0.4, -0.2) is 46.7 Å². The van der Waals surface area contributed by atoms with E-state index in [1.165, 1.54) is 0 Å². The summed E-state index contributed by atoms with van der Waals surface area (Å²) in [5, 5.41) is 30.1. The summed E-state index contributed by atoms with van der Waals surface area (Å²) in [7, 11) is 0. The molecule has 1 unspecified atom stereocenters. The number of hydrogen-bond acceptors (Lipinski definition) is 7. The van der Waals surface area contributed by atoms with Crippen molar-refractivity contribution in [3.8, 4) is 17.7 Å². The molecule has 2 N–H and O–H groups in total. The van der Waals surface area contributed by atoms with Gasteiger partial charge in [0.25, 0.3) is 0 Å². The molecule has 0 saturated carbocycles. The zero-order valence-electron chi connectivity index (χ0n) is 14.6. The van der Waals surface area contributed by atoms with Crippen LogP contribution in [0.3, 0.4) is 0 Å². The van der Waals surface area contributed by atoms with Crippen LogP contribution in [0.5, 0.6) is 11.6 Å². The lowest BCUT2D eigenvalue weighted by molar-refractivity contribution is 0.0921. The summed E-state index contributed by atoms with van der Waals surface area (Å²) in [5.41, 5.74) is 0.0531. The molecule has 0 aliphatic carbocycles. The van der Waals surface area contributed by atoms with Crippen molar-refractivity contribution in [3.05, 3.63) is 46.6 Å². The molecule has 8 heteroatoms. The Kier molecular flexibility index (Phi) is 7.33. The molecule has 1 heterocycles. The molecule has 0 saturated heterocycles. The van der Waals surface area contributed by atoms with Crippen molar-refractivity contribution in [3.63, 3.8) is 0 Å². The van der Waals surface area contributed by atoms with E-state index < -0.39 is 6.10 Å². The fourth-order valence-corrected chi connectivity index (χ4v) is 2.22. The zero-order chi connectivity index (χ0) is 19.0. The number of para-hydroxylation sites is 1. The summed E-state index contributed by atoms with van der Waals surface area (Å²) < 4.78 is 11.8. The summed E-state index contributed by atoms with van der Waals surface area (Å²) in [6.45, 7) is 4.67. The van der Waals surface area contributed by atoms with Crippen molar-refractivity contribution in [2.24, 2.45) is 0 Å².